The summed E-state index contributed by atoms with van der Waals surface area (Å²) >= 11 is 0. The van der Waals surface area contributed by atoms with Crippen molar-refractivity contribution in [1.82, 2.24) is 14.8 Å². The minimum absolute atomic E-state index is 0.186. The van der Waals surface area contributed by atoms with Gasteiger partial charge in [-0.05, 0) is 42.5 Å². The Morgan fingerprint density at radius 2 is 1.67 bits per heavy atom. The number of hydrogen-bond acceptors (Lipinski definition) is 4. The van der Waals surface area contributed by atoms with Crippen LogP contribution in [0.25, 0.3) is 11.3 Å². The number of nitrogens with one attached hydrogen (secondary N) is 1. The van der Waals surface area contributed by atoms with Gasteiger partial charge in [0.05, 0.1) is 11.3 Å². The number of carbonyl (C=O) groups excluding carboxylic acids is 1. The van der Waals surface area contributed by atoms with Crippen LogP contribution >= 0.6 is 0 Å². The van der Waals surface area contributed by atoms with Crippen molar-refractivity contribution in [3.63, 3.8) is 0 Å². The molecule has 1 N–H and O–H groups in total. The first-order chi connectivity index (χ1) is 12.8. The fourth-order valence-corrected chi connectivity index (χ4v) is 2.32. The second kappa shape index (κ2) is 7.40. The van der Waals surface area contributed by atoms with Crippen LogP contribution < -0.4 is 10.9 Å². The maximum absolute atomic E-state index is 12.6. The number of amides is 1. The van der Waals surface area contributed by atoms with E-state index in [1.54, 1.807) is 24.5 Å². The highest BCUT2D eigenvalue weighted by Crippen LogP contribution is 2.29. The van der Waals surface area contributed by atoms with E-state index in [0.29, 0.717) is 5.69 Å². The molecule has 0 aliphatic carbocycles. The lowest BCUT2D eigenvalue weighted by atomic mass is 10.2. The number of benzene rings is 1. The number of pyridine rings is 1. The number of anilines is 1. The van der Waals surface area contributed by atoms with Crippen LogP contribution in [0.2, 0.25) is 0 Å². The molecular formula is C18H13F3N4O2. The molecule has 0 saturated carbocycles. The molecule has 138 valence electrons. The standard InChI is InChI=1S/C18H13F3N4O2/c19-18(20,21)13-1-3-14(4-2-13)23-16(26)11-25-17(27)6-5-15(24-25)12-7-9-22-10-8-12/h1-10H,11H2,(H,23,26). The summed E-state index contributed by atoms with van der Waals surface area (Å²) in [5.74, 6) is -0.587. The molecule has 1 aromatic carbocycles. The Morgan fingerprint density at radius 1 is 1.00 bits per heavy atom. The van der Waals surface area contributed by atoms with Crippen molar-refractivity contribution in [3.05, 3.63) is 76.8 Å². The lowest BCUT2D eigenvalue weighted by Gasteiger charge is -2.10. The van der Waals surface area contributed by atoms with E-state index < -0.39 is 23.2 Å². The van der Waals surface area contributed by atoms with Crippen LogP contribution in [0.3, 0.4) is 0 Å². The van der Waals surface area contributed by atoms with Gasteiger partial charge < -0.3 is 5.32 Å². The molecule has 0 aliphatic heterocycles. The van der Waals surface area contributed by atoms with Crippen LogP contribution in [-0.4, -0.2) is 20.7 Å². The summed E-state index contributed by atoms with van der Waals surface area (Å²) in [6, 6.07) is 10.2. The molecule has 0 saturated heterocycles. The number of alkyl halides is 3. The first kappa shape index (κ1) is 18.3. The van der Waals surface area contributed by atoms with E-state index in [0.717, 1.165) is 34.5 Å². The number of halogens is 3. The Kier molecular flexibility index (Phi) is 5.02. The third-order valence-electron chi connectivity index (χ3n) is 3.63. The summed E-state index contributed by atoms with van der Waals surface area (Å²) in [5, 5.41) is 6.58. The molecule has 0 radical (unpaired) electrons. The van der Waals surface area contributed by atoms with Crippen molar-refractivity contribution in [2.24, 2.45) is 0 Å². The zero-order chi connectivity index (χ0) is 19.4. The summed E-state index contributed by atoms with van der Waals surface area (Å²) in [4.78, 5) is 27.9. The van der Waals surface area contributed by atoms with E-state index in [1.807, 2.05) is 0 Å². The molecule has 2 heterocycles. The maximum atomic E-state index is 12.6. The highest BCUT2D eigenvalue weighted by Gasteiger charge is 2.29. The van der Waals surface area contributed by atoms with Gasteiger partial charge in [0.25, 0.3) is 5.56 Å². The third-order valence-corrected chi connectivity index (χ3v) is 3.63. The monoisotopic (exact) mass is 374 g/mol. The zero-order valence-corrected chi connectivity index (χ0v) is 13.8. The van der Waals surface area contributed by atoms with E-state index in [1.165, 1.54) is 12.1 Å². The third kappa shape index (κ3) is 4.57. The van der Waals surface area contributed by atoms with Crippen molar-refractivity contribution in [3.8, 4) is 11.3 Å². The van der Waals surface area contributed by atoms with Crippen molar-refractivity contribution in [1.29, 1.82) is 0 Å². The lowest BCUT2D eigenvalue weighted by Crippen LogP contribution is -2.29. The summed E-state index contributed by atoms with van der Waals surface area (Å²) in [6.45, 7) is -0.376. The average Bonchev–Trinajstić information content (AvgIpc) is 2.64. The molecule has 9 heteroatoms. The van der Waals surface area contributed by atoms with Gasteiger partial charge in [-0.25, -0.2) is 4.68 Å². The van der Waals surface area contributed by atoms with Crippen molar-refractivity contribution in [2.45, 2.75) is 12.7 Å². The molecule has 2 aromatic heterocycles. The molecule has 0 atom stereocenters. The fourth-order valence-electron chi connectivity index (χ4n) is 2.32. The van der Waals surface area contributed by atoms with E-state index >= 15 is 0 Å². The molecule has 3 aromatic rings. The first-order valence-electron chi connectivity index (χ1n) is 7.78. The molecule has 0 unspecified atom stereocenters. The first-order valence-corrected chi connectivity index (χ1v) is 7.78. The van der Waals surface area contributed by atoms with Crippen LogP contribution in [0.15, 0.2) is 65.7 Å². The van der Waals surface area contributed by atoms with E-state index in [-0.39, 0.29) is 12.2 Å². The summed E-state index contributed by atoms with van der Waals surface area (Å²) in [5.41, 5.74) is 0.103. The maximum Gasteiger partial charge on any atom is 0.416 e. The number of aromatic nitrogens is 3. The van der Waals surface area contributed by atoms with E-state index in [4.69, 9.17) is 0 Å². The fraction of sp³-hybridized carbons (Fsp3) is 0.111. The normalized spacial score (nSPS) is 11.2. The number of nitrogens with zero attached hydrogens (tertiary/aromatic N) is 3. The Balaban J connectivity index is 1.73. The highest BCUT2D eigenvalue weighted by molar-refractivity contribution is 5.90. The van der Waals surface area contributed by atoms with Crippen molar-refractivity contribution < 1.29 is 18.0 Å². The van der Waals surface area contributed by atoms with Crippen LogP contribution in [-0.2, 0) is 17.5 Å². The van der Waals surface area contributed by atoms with Gasteiger partial charge in [0.1, 0.15) is 6.54 Å². The van der Waals surface area contributed by atoms with Gasteiger partial charge in [0.15, 0.2) is 0 Å². The van der Waals surface area contributed by atoms with Gasteiger partial charge in [0, 0.05) is 29.7 Å². The minimum atomic E-state index is -4.45. The molecule has 0 aliphatic rings. The molecule has 0 fully saturated rings. The van der Waals surface area contributed by atoms with Gasteiger partial charge in [-0.15, -0.1) is 0 Å². The second-order valence-electron chi connectivity index (χ2n) is 5.57. The minimum Gasteiger partial charge on any atom is -0.324 e. The lowest BCUT2D eigenvalue weighted by molar-refractivity contribution is -0.137. The number of carbonyl (C=O) groups is 1. The Bertz CT molecular complexity index is 1000. The SMILES string of the molecule is O=C(Cn1nc(-c2ccncc2)ccc1=O)Nc1ccc(C(F)(F)F)cc1. The summed E-state index contributed by atoms with van der Waals surface area (Å²) < 4.78 is 38.6. The number of rotatable bonds is 4. The summed E-state index contributed by atoms with van der Waals surface area (Å²) in [7, 11) is 0. The van der Waals surface area contributed by atoms with Gasteiger partial charge >= 0.3 is 6.18 Å². The quantitative estimate of drug-likeness (QED) is 0.762. The van der Waals surface area contributed by atoms with Gasteiger partial charge in [-0.3, -0.25) is 14.6 Å². The van der Waals surface area contributed by atoms with Gasteiger partial charge in [0.2, 0.25) is 5.91 Å². The van der Waals surface area contributed by atoms with E-state index in [9.17, 15) is 22.8 Å². The summed E-state index contributed by atoms with van der Waals surface area (Å²) in [6.07, 6.45) is -1.30. The van der Waals surface area contributed by atoms with Crippen molar-refractivity contribution >= 4 is 11.6 Å². The molecule has 0 spiro atoms. The van der Waals surface area contributed by atoms with Crippen LogP contribution in [0, 0.1) is 0 Å². The van der Waals surface area contributed by atoms with Crippen LogP contribution in [0.5, 0.6) is 0 Å². The predicted octanol–water partition coefficient (Wildman–Crippen LogP) is 2.96. The Labute approximate surface area is 151 Å². The molecule has 0 bridgehead atoms. The molecule has 6 nitrogen and oxygen atoms in total. The van der Waals surface area contributed by atoms with Gasteiger partial charge in [-0.2, -0.15) is 18.3 Å². The Hall–Kier alpha value is -3.49. The molecule has 27 heavy (non-hydrogen) atoms. The highest BCUT2D eigenvalue weighted by atomic mass is 19.4. The topological polar surface area (TPSA) is 76.9 Å². The molecular weight excluding hydrogens is 361 g/mol. The van der Waals surface area contributed by atoms with E-state index in [2.05, 4.69) is 15.4 Å². The predicted molar refractivity (Wildman–Crippen MR) is 91.8 cm³/mol. The smallest absolute Gasteiger partial charge is 0.324 e. The molecule has 1 amide bonds. The largest absolute Gasteiger partial charge is 0.416 e. The van der Waals surface area contributed by atoms with Crippen LogP contribution in [0.1, 0.15) is 5.56 Å². The Morgan fingerprint density at radius 3 is 2.30 bits per heavy atom. The number of hydrogen-bond donors (Lipinski definition) is 1. The van der Waals surface area contributed by atoms with Gasteiger partial charge in [-0.1, -0.05) is 0 Å². The zero-order valence-electron chi connectivity index (χ0n) is 13.8. The molecule has 3 rings (SSSR count). The second-order valence-corrected chi connectivity index (χ2v) is 5.57. The van der Waals surface area contributed by atoms with Crippen molar-refractivity contribution in [2.75, 3.05) is 5.32 Å². The van der Waals surface area contributed by atoms with Crippen LogP contribution in [0.4, 0.5) is 18.9 Å². The average molecular weight is 374 g/mol.